The molecule has 0 aliphatic heterocycles. The average molecular weight is 721 g/mol. The zero-order valence-corrected chi connectivity index (χ0v) is 24.0. The maximum absolute atomic E-state index is 9.83. The van der Waals surface area contributed by atoms with Gasteiger partial charge in [-0.3, -0.25) is 9.59 Å². The van der Waals surface area contributed by atoms with Crippen molar-refractivity contribution in [3.8, 4) is 0 Å². The molecule has 0 atom stereocenters. The van der Waals surface area contributed by atoms with Crippen LogP contribution in [0.4, 0.5) is 0 Å². The number of allylic oxidation sites excluding steroid dienone is 2. The predicted octanol–water partition coefficient (Wildman–Crippen LogP) is 6.12. The molecular weight excluding hydrogens is 694 g/mol. The molecule has 0 aliphatic carbocycles. The number of rotatable bonds is 6. The second-order valence-corrected chi connectivity index (χ2v) is 8.07. The molecule has 7 heteroatoms. The topological polar surface area (TPSA) is 117 Å². The first-order chi connectivity index (χ1) is 18.0. The normalized spacial score (nSPS) is 10.5. The van der Waals surface area contributed by atoms with E-state index >= 15 is 0 Å². The van der Waals surface area contributed by atoms with E-state index in [1.807, 2.05) is 72.8 Å². The molecule has 37 heavy (non-hydrogen) atoms. The first kappa shape index (κ1) is 29.2. The Labute approximate surface area is 229 Å². The number of carbonyl (C=O) groups excluding carboxylic acids is 2. The van der Waals surface area contributed by atoms with Crippen LogP contribution in [0, 0.1) is 27.8 Å². The van der Waals surface area contributed by atoms with Crippen LogP contribution >= 0.6 is 0 Å². The Morgan fingerprint density at radius 1 is 0.486 bits per heavy atom. The molecule has 0 aliphatic rings. The van der Waals surface area contributed by atoms with Crippen molar-refractivity contribution in [1.29, 1.82) is 0 Å². The minimum absolute atomic E-state index is 0.0481. The molecule has 0 bridgehead atoms. The number of hydrogen-bond acceptors (Lipinski definition) is 4. The van der Waals surface area contributed by atoms with E-state index in [9.17, 15) is 19.8 Å². The molecular formula is C30H26O6U+4. The molecule has 182 valence electrons. The Morgan fingerprint density at radius 3 is 0.946 bits per heavy atom. The number of ketones is 2. The van der Waals surface area contributed by atoms with E-state index in [0.717, 1.165) is 0 Å². The average Bonchev–Trinajstić information content (AvgIpc) is 2.95. The van der Waals surface area contributed by atoms with E-state index in [4.69, 9.17) is 4.47 Å². The third-order valence-electron chi connectivity index (χ3n) is 4.83. The van der Waals surface area contributed by atoms with Crippen molar-refractivity contribution < 1.29 is 52.1 Å². The fourth-order valence-corrected chi connectivity index (χ4v) is 3.03. The van der Waals surface area contributed by atoms with Gasteiger partial charge < -0.3 is 10.2 Å². The minimum atomic E-state index is -2.51. The van der Waals surface area contributed by atoms with Crippen LogP contribution in [0.25, 0.3) is 11.5 Å². The van der Waals surface area contributed by atoms with Gasteiger partial charge in [0, 0.05) is 11.1 Å². The number of hydrogen-bond donors (Lipinski definition) is 2. The molecule has 4 N–H and O–H groups in total. The fourth-order valence-electron chi connectivity index (χ4n) is 3.03. The summed E-state index contributed by atoms with van der Waals surface area (Å²) in [7, 11) is 0. The fraction of sp³-hybridized carbons (Fsp3) is 0. The van der Waals surface area contributed by atoms with Crippen LogP contribution in [-0.2, 0) is 4.47 Å². The molecule has 4 aromatic carbocycles. The molecule has 4 aromatic rings. The van der Waals surface area contributed by atoms with Gasteiger partial charge in [-0.1, -0.05) is 97.1 Å². The van der Waals surface area contributed by atoms with Crippen molar-refractivity contribution >= 4 is 23.1 Å². The molecule has 0 heterocycles. The quantitative estimate of drug-likeness (QED) is 0.108. The molecule has 0 unspecified atom stereocenters. The molecule has 0 radical (unpaired) electrons. The van der Waals surface area contributed by atoms with Gasteiger partial charge in [0.15, 0.2) is 0 Å². The molecule has 0 saturated carbocycles. The van der Waals surface area contributed by atoms with Gasteiger partial charge in [0.05, 0.1) is 23.3 Å². The van der Waals surface area contributed by atoms with Gasteiger partial charge in [-0.2, -0.15) is 0 Å². The summed E-state index contributed by atoms with van der Waals surface area (Å²) in [5, 5.41) is 19.7. The van der Waals surface area contributed by atoms with Gasteiger partial charge >= 0.3 is 43.9 Å². The third kappa shape index (κ3) is 10.6. The number of benzene rings is 4. The van der Waals surface area contributed by atoms with Crippen LogP contribution < -0.4 is 0 Å². The Morgan fingerprint density at radius 2 is 0.703 bits per heavy atom. The van der Waals surface area contributed by atoms with E-state index < -0.39 is 27.8 Å². The van der Waals surface area contributed by atoms with Crippen LogP contribution in [0.15, 0.2) is 133 Å². The van der Waals surface area contributed by atoms with Crippen molar-refractivity contribution in [2.75, 3.05) is 0 Å². The van der Waals surface area contributed by atoms with Crippen LogP contribution in [-0.4, -0.2) is 31.4 Å². The van der Waals surface area contributed by atoms with Crippen LogP contribution in [0.3, 0.4) is 0 Å². The van der Waals surface area contributed by atoms with Crippen molar-refractivity contribution in [1.82, 2.24) is 0 Å². The monoisotopic (exact) mass is 720 g/mol. The second kappa shape index (κ2) is 16.6. The molecule has 4 rings (SSSR count). The maximum atomic E-state index is 9.83. The summed E-state index contributed by atoms with van der Waals surface area (Å²) < 4.78 is 17.2. The van der Waals surface area contributed by atoms with E-state index in [1.54, 1.807) is 48.5 Å². The van der Waals surface area contributed by atoms with Crippen LogP contribution in [0.5, 0.6) is 0 Å². The summed E-state index contributed by atoms with van der Waals surface area (Å²) in [4.78, 5) is 19.7. The van der Waals surface area contributed by atoms with Crippen molar-refractivity contribution in [3.05, 3.63) is 156 Å². The van der Waals surface area contributed by atoms with Gasteiger partial charge in [-0.15, -0.1) is 0 Å². The second-order valence-electron chi connectivity index (χ2n) is 7.38. The molecule has 0 saturated heterocycles. The Kier molecular flexibility index (Phi) is 13.1. The Balaban J connectivity index is 0.000000235. The summed E-state index contributed by atoms with van der Waals surface area (Å²) in [5.41, 5.74) is 2.70. The van der Waals surface area contributed by atoms with Gasteiger partial charge in [0.2, 0.25) is 0 Å². The number of aliphatic hydroxyl groups excluding tert-OH is 2. The van der Waals surface area contributed by atoms with Gasteiger partial charge in [-0.25, -0.2) is 0 Å². The Bertz CT molecular complexity index is 1260. The summed E-state index contributed by atoms with van der Waals surface area (Å²) in [5.74, 6) is 0.192. The molecule has 0 spiro atoms. The molecule has 0 fully saturated rings. The van der Waals surface area contributed by atoms with Gasteiger partial charge in [-0.05, 0) is 24.3 Å². The summed E-state index contributed by atoms with van der Waals surface area (Å²) in [6.07, 6.45) is 2.70. The standard InChI is InChI=1S/2C15H12O2.2O.U/c2*16-14(12-7-3-1-4-8-12)11-15(17)13-9-5-2-6-10-13;;;/h2*1-11,16H;;;/q;;;;+2/p+2/b2*14-11-;;;. The Hall–Kier alpha value is -4.05. The van der Waals surface area contributed by atoms with Gasteiger partial charge in [0.25, 0.3) is 0 Å². The summed E-state index contributed by atoms with van der Waals surface area (Å²) in [6.45, 7) is 0. The SMILES string of the molecule is O/C(=C\C(=[OH+])c1ccccc1)c1ccccc1.O/C(=C\C(=[OH+])c1ccccc1)c1ccccc1.[O]=[U+2]=[O]. The van der Waals surface area contributed by atoms with E-state index in [0.29, 0.717) is 22.3 Å². The van der Waals surface area contributed by atoms with E-state index in [2.05, 4.69) is 0 Å². The van der Waals surface area contributed by atoms with E-state index in [-0.39, 0.29) is 23.1 Å². The summed E-state index contributed by atoms with van der Waals surface area (Å²) in [6, 6.07) is 36.4. The number of aliphatic hydroxyl groups is 2. The molecule has 6 nitrogen and oxygen atoms in total. The van der Waals surface area contributed by atoms with Crippen molar-refractivity contribution in [3.63, 3.8) is 0 Å². The zero-order chi connectivity index (χ0) is 26.9. The first-order valence-electron chi connectivity index (χ1n) is 11.1. The third-order valence-corrected chi connectivity index (χ3v) is 4.83. The first-order valence-corrected chi connectivity index (χ1v) is 14.5. The molecule has 0 aromatic heterocycles. The van der Waals surface area contributed by atoms with Crippen LogP contribution in [0.1, 0.15) is 22.3 Å². The van der Waals surface area contributed by atoms with Crippen molar-refractivity contribution in [2.45, 2.75) is 0 Å². The van der Waals surface area contributed by atoms with E-state index in [1.165, 1.54) is 12.2 Å². The summed E-state index contributed by atoms with van der Waals surface area (Å²) >= 11 is -2.51. The predicted molar refractivity (Wildman–Crippen MR) is 140 cm³/mol. The van der Waals surface area contributed by atoms with Gasteiger partial charge in [0.1, 0.15) is 11.5 Å². The van der Waals surface area contributed by atoms with Crippen LogP contribution in [0.2, 0.25) is 0 Å². The van der Waals surface area contributed by atoms with Crippen molar-refractivity contribution in [2.24, 2.45) is 0 Å². The zero-order valence-electron chi connectivity index (χ0n) is 19.8. The molecule has 0 amide bonds.